The molecule has 2 aliphatic heterocycles. The molecule has 1 N–H and O–H groups in total. The Bertz CT molecular complexity index is 321. The van der Waals surface area contributed by atoms with Crippen LogP contribution in [0.2, 0.25) is 0 Å². The predicted molar refractivity (Wildman–Crippen MR) is 83.1 cm³/mol. The summed E-state index contributed by atoms with van der Waals surface area (Å²) >= 11 is 0. The van der Waals surface area contributed by atoms with Gasteiger partial charge in [-0.2, -0.15) is 0 Å². The largest absolute Gasteiger partial charge is 0.370 e. The Hall–Kier alpha value is -0.120. The van der Waals surface area contributed by atoms with Crippen LogP contribution in [0.4, 0.5) is 0 Å². The van der Waals surface area contributed by atoms with Crippen molar-refractivity contribution in [2.75, 3.05) is 26.2 Å². The van der Waals surface area contributed by atoms with Gasteiger partial charge in [-0.15, -0.1) is 0 Å². The lowest BCUT2D eigenvalue weighted by Crippen LogP contribution is -2.62. The van der Waals surface area contributed by atoms with Gasteiger partial charge in [0.2, 0.25) is 0 Å². The van der Waals surface area contributed by atoms with Crippen LogP contribution >= 0.6 is 0 Å². The SMILES string of the molecule is CCC1(CC)CNCCN1CC1CCC2(CCCC2)O1. The maximum absolute atomic E-state index is 6.53. The molecule has 3 nitrogen and oxygen atoms in total. The molecule has 1 saturated carbocycles. The zero-order chi connectivity index (χ0) is 14.1. The fraction of sp³-hybridized carbons (Fsp3) is 1.00. The van der Waals surface area contributed by atoms with Crippen LogP contribution in [0.3, 0.4) is 0 Å². The van der Waals surface area contributed by atoms with E-state index in [0.29, 0.717) is 17.2 Å². The monoisotopic (exact) mass is 280 g/mol. The van der Waals surface area contributed by atoms with E-state index in [4.69, 9.17) is 4.74 Å². The van der Waals surface area contributed by atoms with Gasteiger partial charge < -0.3 is 10.1 Å². The van der Waals surface area contributed by atoms with Crippen molar-refractivity contribution in [3.8, 4) is 0 Å². The predicted octanol–water partition coefficient (Wildman–Crippen LogP) is 2.94. The molecule has 1 aliphatic carbocycles. The van der Waals surface area contributed by atoms with Crippen LogP contribution in [0.5, 0.6) is 0 Å². The molecule has 3 fully saturated rings. The summed E-state index contributed by atoms with van der Waals surface area (Å²) in [6.45, 7) is 9.33. The number of hydrogen-bond donors (Lipinski definition) is 1. The molecule has 0 aromatic heterocycles. The first kappa shape index (κ1) is 14.8. The molecule has 116 valence electrons. The van der Waals surface area contributed by atoms with E-state index in [2.05, 4.69) is 24.1 Å². The third-order valence-electron chi connectivity index (χ3n) is 6.28. The molecule has 3 rings (SSSR count). The highest BCUT2D eigenvalue weighted by molar-refractivity contribution is 4.98. The third kappa shape index (κ3) is 2.65. The molecule has 0 aromatic rings. The first-order chi connectivity index (χ1) is 9.72. The topological polar surface area (TPSA) is 24.5 Å². The van der Waals surface area contributed by atoms with Crippen molar-refractivity contribution in [2.24, 2.45) is 0 Å². The smallest absolute Gasteiger partial charge is 0.0710 e. The number of ether oxygens (including phenoxy) is 1. The molecule has 0 bridgehead atoms. The van der Waals surface area contributed by atoms with Crippen LogP contribution in [0.25, 0.3) is 0 Å². The molecule has 3 aliphatic rings. The minimum atomic E-state index is 0.291. The molecule has 0 radical (unpaired) electrons. The zero-order valence-electron chi connectivity index (χ0n) is 13.4. The maximum Gasteiger partial charge on any atom is 0.0710 e. The van der Waals surface area contributed by atoms with Crippen molar-refractivity contribution in [1.82, 2.24) is 10.2 Å². The van der Waals surface area contributed by atoms with E-state index in [9.17, 15) is 0 Å². The second-order valence-corrected chi connectivity index (χ2v) is 7.22. The van der Waals surface area contributed by atoms with Gasteiger partial charge in [0.15, 0.2) is 0 Å². The van der Waals surface area contributed by atoms with Gasteiger partial charge in [0, 0.05) is 31.7 Å². The van der Waals surface area contributed by atoms with Gasteiger partial charge in [-0.1, -0.05) is 26.7 Å². The Balaban J connectivity index is 1.61. The number of rotatable bonds is 4. The Morgan fingerprint density at radius 1 is 1.15 bits per heavy atom. The van der Waals surface area contributed by atoms with Gasteiger partial charge in [-0.05, 0) is 38.5 Å². The third-order valence-corrected chi connectivity index (χ3v) is 6.28. The first-order valence-corrected chi connectivity index (χ1v) is 8.86. The second kappa shape index (κ2) is 5.94. The summed E-state index contributed by atoms with van der Waals surface area (Å²) in [6, 6.07) is 0. The number of hydrogen-bond acceptors (Lipinski definition) is 3. The first-order valence-electron chi connectivity index (χ1n) is 8.86. The number of piperazine rings is 1. The van der Waals surface area contributed by atoms with Gasteiger partial charge in [0.05, 0.1) is 11.7 Å². The highest BCUT2D eigenvalue weighted by Crippen LogP contribution is 2.43. The van der Waals surface area contributed by atoms with E-state index in [1.807, 2.05) is 0 Å². The lowest BCUT2D eigenvalue weighted by atomic mass is 9.88. The van der Waals surface area contributed by atoms with Gasteiger partial charge >= 0.3 is 0 Å². The summed E-state index contributed by atoms with van der Waals surface area (Å²) in [5.41, 5.74) is 0.660. The van der Waals surface area contributed by atoms with E-state index in [-0.39, 0.29) is 0 Å². The molecule has 2 heterocycles. The molecular weight excluding hydrogens is 248 g/mol. The van der Waals surface area contributed by atoms with Crippen LogP contribution in [0.1, 0.15) is 65.2 Å². The fourth-order valence-electron chi connectivity index (χ4n) is 4.77. The van der Waals surface area contributed by atoms with Crippen molar-refractivity contribution in [3.05, 3.63) is 0 Å². The quantitative estimate of drug-likeness (QED) is 0.857. The molecular formula is C17H32N2O. The molecule has 20 heavy (non-hydrogen) atoms. The molecule has 0 aromatic carbocycles. The molecule has 3 heteroatoms. The van der Waals surface area contributed by atoms with Gasteiger partial charge in [-0.25, -0.2) is 0 Å². The van der Waals surface area contributed by atoms with Crippen LogP contribution in [0, 0.1) is 0 Å². The number of nitrogens with one attached hydrogen (secondary N) is 1. The summed E-state index contributed by atoms with van der Waals surface area (Å²) in [4.78, 5) is 2.74. The van der Waals surface area contributed by atoms with Crippen LogP contribution in [-0.4, -0.2) is 48.3 Å². The standard InChI is InChI=1S/C17H32N2O/c1-3-16(4-2)14-18-11-12-19(16)13-15-7-10-17(20-15)8-5-6-9-17/h15,18H,3-14H2,1-2H3. The minimum absolute atomic E-state index is 0.291. The molecule has 0 amide bonds. The average Bonchev–Trinajstić information content (AvgIpc) is 3.10. The van der Waals surface area contributed by atoms with Gasteiger partial charge in [-0.3, -0.25) is 4.90 Å². The Labute approximate surface area is 124 Å². The van der Waals surface area contributed by atoms with E-state index in [0.717, 1.165) is 19.6 Å². The lowest BCUT2D eigenvalue weighted by Gasteiger charge is -2.48. The number of nitrogens with zero attached hydrogens (tertiary/aromatic N) is 1. The summed E-state index contributed by atoms with van der Waals surface area (Å²) in [7, 11) is 0. The normalized spacial score (nSPS) is 33.0. The van der Waals surface area contributed by atoms with Crippen LogP contribution < -0.4 is 5.32 Å². The summed E-state index contributed by atoms with van der Waals surface area (Å²) in [5.74, 6) is 0. The molecule has 1 unspecified atom stereocenters. The van der Waals surface area contributed by atoms with Gasteiger partial charge in [0.1, 0.15) is 0 Å². The van der Waals surface area contributed by atoms with Crippen molar-refractivity contribution in [2.45, 2.75) is 82.5 Å². The second-order valence-electron chi connectivity index (χ2n) is 7.22. The van der Waals surface area contributed by atoms with Crippen molar-refractivity contribution in [1.29, 1.82) is 0 Å². The van der Waals surface area contributed by atoms with Crippen molar-refractivity contribution < 1.29 is 4.74 Å². The fourth-order valence-corrected chi connectivity index (χ4v) is 4.77. The Kier molecular flexibility index (Phi) is 4.40. The van der Waals surface area contributed by atoms with E-state index >= 15 is 0 Å². The molecule has 2 saturated heterocycles. The summed E-state index contributed by atoms with van der Waals surface area (Å²) < 4.78 is 6.53. The van der Waals surface area contributed by atoms with E-state index in [1.54, 1.807) is 0 Å². The zero-order valence-corrected chi connectivity index (χ0v) is 13.4. The maximum atomic E-state index is 6.53. The van der Waals surface area contributed by atoms with Gasteiger partial charge in [0.25, 0.3) is 0 Å². The Morgan fingerprint density at radius 2 is 1.90 bits per heavy atom. The lowest BCUT2D eigenvalue weighted by molar-refractivity contribution is -0.0660. The van der Waals surface area contributed by atoms with Crippen LogP contribution in [0.15, 0.2) is 0 Å². The van der Waals surface area contributed by atoms with E-state index < -0.39 is 0 Å². The van der Waals surface area contributed by atoms with E-state index in [1.165, 1.54) is 57.9 Å². The highest BCUT2D eigenvalue weighted by atomic mass is 16.5. The highest BCUT2D eigenvalue weighted by Gasteiger charge is 2.44. The minimum Gasteiger partial charge on any atom is -0.370 e. The molecule has 1 atom stereocenters. The van der Waals surface area contributed by atoms with Crippen molar-refractivity contribution >= 4 is 0 Å². The summed E-state index contributed by atoms with van der Waals surface area (Å²) in [5, 5.41) is 3.60. The van der Waals surface area contributed by atoms with Crippen LogP contribution in [-0.2, 0) is 4.74 Å². The average molecular weight is 280 g/mol. The Morgan fingerprint density at radius 3 is 2.60 bits per heavy atom. The summed E-state index contributed by atoms with van der Waals surface area (Å²) in [6.07, 6.45) is 11.0. The van der Waals surface area contributed by atoms with Crippen molar-refractivity contribution in [3.63, 3.8) is 0 Å². The molecule has 1 spiro atoms.